The molecule has 1 aromatic heterocycles. The van der Waals surface area contributed by atoms with E-state index < -0.39 is 0 Å². The second kappa shape index (κ2) is 8.87. The monoisotopic (exact) mass is 407 g/mol. The first-order valence-electron chi connectivity index (χ1n) is 9.50. The molecule has 0 fully saturated rings. The molecule has 0 saturated heterocycles. The normalized spacial score (nSPS) is 12.9. The van der Waals surface area contributed by atoms with Gasteiger partial charge in [0.05, 0.1) is 5.69 Å². The van der Waals surface area contributed by atoms with Gasteiger partial charge >= 0.3 is 0 Å². The molecule has 1 aliphatic rings. The van der Waals surface area contributed by atoms with Crippen LogP contribution in [0, 0.1) is 0 Å². The van der Waals surface area contributed by atoms with E-state index in [0.29, 0.717) is 42.6 Å². The molecule has 29 heavy (non-hydrogen) atoms. The number of amides is 1. The summed E-state index contributed by atoms with van der Waals surface area (Å²) >= 11 is 1.13. The number of fused-ring (bicyclic) bond motifs is 1. The van der Waals surface area contributed by atoms with Crippen molar-refractivity contribution < 1.29 is 14.3 Å². The van der Waals surface area contributed by atoms with Crippen molar-refractivity contribution in [2.24, 2.45) is 0 Å². The average Bonchev–Trinajstić information content (AvgIpc) is 3.26. The number of hydrogen-bond donors (Lipinski definition) is 0. The summed E-state index contributed by atoms with van der Waals surface area (Å²) in [4.78, 5) is 15.6. The Bertz CT molecular complexity index is 1020. The second-order valence-electron chi connectivity index (χ2n) is 6.46. The maximum Gasteiger partial charge on any atom is 0.272 e. The third kappa shape index (κ3) is 4.30. The smallest absolute Gasteiger partial charge is 0.272 e. The molecule has 0 bridgehead atoms. The van der Waals surface area contributed by atoms with Gasteiger partial charge in [-0.05, 0) is 35.6 Å². The van der Waals surface area contributed by atoms with Gasteiger partial charge in [-0.3, -0.25) is 4.79 Å². The number of nitrogens with zero attached hydrogens (tertiary/aromatic N) is 3. The van der Waals surface area contributed by atoms with Gasteiger partial charge in [0, 0.05) is 18.3 Å². The number of benzene rings is 2. The number of aromatic nitrogens is 2. The minimum atomic E-state index is -0.119. The zero-order valence-corrected chi connectivity index (χ0v) is 16.9. The van der Waals surface area contributed by atoms with Crippen LogP contribution in [0.2, 0.25) is 0 Å². The Hall–Kier alpha value is -3.19. The van der Waals surface area contributed by atoms with Crippen molar-refractivity contribution in [2.45, 2.75) is 13.3 Å². The van der Waals surface area contributed by atoms with Crippen LogP contribution in [0.15, 0.2) is 54.6 Å². The van der Waals surface area contributed by atoms with Crippen molar-refractivity contribution in [1.29, 1.82) is 0 Å². The van der Waals surface area contributed by atoms with Crippen molar-refractivity contribution in [3.8, 4) is 11.5 Å². The van der Waals surface area contributed by atoms with Crippen LogP contribution in [0.1, 0.15) is 27.9 Å². The van der Waals surface area contributed by atoms with E-state index in [-0.39, 0.29) is 5.91 Å². The Morgan fingerprint density at radius 2 is 1.93 bits per heavy atom. The standard InChI is InChI=1S/C22H21N3O3S/c1-2-18-21(29-24-23-18)22(26)25(12-6-9-16-7-4-3-5-8-16)17-10-11-19-20(15-17)28-14-13-27-19/h3-11,15H,2,12-14H2,1H3/b9-6-. The van der Waals surface area contributed by atoms with Gasteiger partial charge < -0.3 is 14.4 Å². The number of ether oxygens (including phenoxy) is 2. The van der Waals surface area contributed by atoms with Crippen LogP contribution in [0.25, 0.3) is 6.08 Å². The van der Waals surface area contributed by atoms with Gasteiger partial charge in [-0.2, -0.15) is 0 Å². The molecule has 0 saturated carbocycles. The van der Waals surface area contributed by atoms with Gasteiger partial charge in [0.25, 0.3) is 5.91 Å². The number of carbonyl (C=O) groups excluding carboxylic acids is 1. The minimum Gasteiger partial charge on any atom is -0.486 e. The summed E-state index contributed by atoms with van der Waals surface area (Å²) in [6.07, 6.45) is 4.64. The Kier molecular flexibility index (Phi) is 5.86. The fourth-order valence-electron chi connectivity index (χ4n) is 3.09. The number of carbonyl (C=O) groups is 1. The number of aryl methyl sites for hydroxylation is 1. The molecule has 2 aromatic carbocycles. The van der Waals surface area contributed by atoms with E-state index in [4.69, 9.17) is 9.47 Å². The molecule has 0 radical (unpaired) electrons. The van der Waals surface area contributed by atoms with Crippen LogP contribution in [0.4, 0.5) is 5.69 Å². The van der Waals surface area contributed by atoms with Gasteiger partial charge in [0.1, 0.15) is 18.1 Å². The molecule has 1 amide bonds. The lowest BCUT2D eigenvalue weighted by Gasteiger charge is -2.24. The zero-order chi connectivity index (χ0) is 20.1. The van der Waals surface area contributed by atoms with Crippen molar-refractivity contribution in [3.05, 3.63) is 70.7 Å². The van der Waals surface area contributed by atoms with Gasteiger partial charge in [-0.1, -0.05) is 53.9 Å². The molecule has 0 unspecified atom stereocenters. The first kappa shape index (κ1) is 19.1. The Balaban J connectivity index is 1.65. The molecular formula is C22H21N3O3S. The molecule has 2 heterocycles. The number of hydrogen-bond acceptors (Lipinski definition) is 6. The van der Waals surface area contributed by atoms with E-state index in [1.54, 1.807) is 4.90 Å². The summed E-state index contributed by atoms with van der Waals surface area (Å²) in [6, 6.07) is 15.6. The van der Waals surface area contributed by atoms with Gasteiger partial charge in [-0.25, -0.2) is 0 Å². The van der Waals surface area contributed by atoms with E-state index in [9.17, 15) is 4.79 Å². The van der Waals surface area contributed by atoms with Crippen LogP contribution < -0.4 is 14.4 Å². The molecule has 6 nitrogen and oxygen atoms in total. The molecular weight excluding hydrogens is 386 g/mol. The molecule has 0 atom stereocenters. The summed E-state index contributed by atoms with van der Waals surface area (Å²) in [5.74, 6) is 1.23. The van der Waals surface area contributed by atoms with Gasteiger partial charge in [0.2, 0.25) is 0 Å². The van der Waals surface area contributed by atoms with E-state index in [0.717, 1.165) is 28.5 Å². The fraction of sp³-hybridized carbons (Fsp3) is 0.227. The lowest BCUT2D eigenvalue weighted by atomic mass is 10.2. The number of rotatable bonds is 6. The summed E-state index contributed by atoms with van der Waals surface area (Å²) in [6.45, 7) is 3.41. The van der Waals surface area contributed by atoms with Crippen LogP contribution in [-0.4, -0.2) is 35.3 Å². The van der Waals surface area contributed by atoms with E-state index in [1.807, 2.05) is 67.6 Å². The highest BCUT2D eigenvalue weighted by atomic mass is 32.1. The lowest BCUT2D eigenvalue weighted by molar-refractivity contribution is 0.0992. The molecule has 7 heteroatoms. The van der Waals surface area contributed by atoms with Crippen LogP contribution in [0.3, 0.4) is 0 Å². The zero-order valence-electron chi connectivity index (χ0n) is 16.1. The molecule has 1 aliphatic heterocycles. The highest BCUT2D eigenvalue weighted by Gasteiger charge is 2.24. The van der Waals surface area contributed by atoms with Crippen LogP contribution in [-0.2, 0) is 6.42 Å². The first-order chi connectivity index (χ1) is 14.3. The van der Waals surface area contributed by atoms with E-state index in [2.05, 4.69) is 9.59 Å². The third-order valence-electron chi connectivity index (χ3n) is 4.57. The molecule has 0 aliphatic carbocycles. The Morgan fingerprint density at radius 1 is 1.14 bits per heavy atom. The summed E-state index contributed by atoms with van der Waals surface area (Å²) in [5.41, 5.74) is 2.54. The molecule has 3 aromatic rings. The predicted molar refractivity (Wildman–Crippen MR) is 114 cm³/mol. The minimum absolute atomic E-state index is 0.119. The average molecular weight is 407 g/mol. The van der Waals surface area contributed by atoms with Crippen molar-refractivity contribution in [1.82, 2.24) is 9.59 Å². The van der Waals surface area contributed by atoms with Crippen molar-refractivity contribution in [2.75, 3.05) is 24.7 Å². The highest BCUT2D eigenvalue weighted by Crippen LogP contribution is 2.34. The summed E-state index contributed by atoms with van der Waals surface area (Å²) < 4.78 is 15.3. The fourth-order valence-corrected chi connectivity index (χ4v) is 3.79. The Labute approximate surface area is 173 Å². The maximum atomic E-state index is 13.3. The second-order valence-corrected chi connectivity index (χ2v) is 7.21. The summed E-state index contributed by atoms with van der Waals surface area (Å²) in [5, 5.41) is 4.09. The lowest BCUT2D eigenvalue weighted by Crippen LogP contribution is -2.31. The van der Waals surface area contributed by atoms with E-state index in [1.165, 1.54) is 0 Å². The third-order valence-corrected chi connectivity index (χ3v) is 5.32. The Morgan fingerprint density at radius 3 is 2.72 bits per heavy atom. The SMILES string of the molecule is CCc1nnsc1C(=O)N(C/C=C\c1ccccc1)c1ccc2c(c1)OCCO2. The van der Waals surface area contributed by atoms with Gasteiger partial charge in [0.15, 0.2) is 11.5 Å². The molecule has 4 rings (SSSR count). The summed E-state index contributed by atoms with van der Waals surface area (Å²) in [7, 11) is 0. The quantitative estimate of drug-likeness (QED) is 0.612. The highest BCUT2D eigenvalue weighted by molar-refractivity contribution is 7.08. The maximum absolute atomic E-state index is 13.3. The predicted octanol–water partition coefficient (Wildman–Crippen LogP) is 4.23. The largest absolute Gasteiger partial charge is 0.486 e. The molecule has 0 spiro atoms. The topological polar surface area (TPSA) is 64.6 Å². The van der Waals surface area contributed by atoms with Crippen molar-refractivity contribution >= 4 is 29.2 Å². The number of anilines is 1. The van der Waals surface area contributed by atoms with Crippen LogP contribution in [0.5, 0.6) is 11.5 Å². The van der Waals surface area contributed by atoms with E-state index >= 15 is 0 Å². The molecule has 148 valence electrons. The van der Waals surface area contributed by atoms with Crippen LogP contribution >= 0.6 is 11.5 Å². The van der Waals surface area contributed by atoms with Gasteiger partial charge in [-0.15, -0.1) is 5.10 Å². The molecule has 0 N–H and O–H groups in total. The van der Waals surface area contributed by atoms with Crippen molar-refractivity contribution in [3.63, 3.8) is 0 Å². The first-order valence-corrected chi connectivity index (χ1v) is 10.3.